The number of methoxy groups -OCH3 is 1. The van der Waals surface area contributed by atoms with E-state index >= 15 is 0 Å². The first-order valence-electron chi connectivity index (χ1n) is 8.44. The molecule has 3 aromatic rings. The molecule has 2 heterocycles. The van der Waals surface area contributed by atoms with Crippen molar-refractivity contribution in [2.45, 2.75) is 26.6 Å². The molecule has 142 valence electrons. The zero-order valence-electron chi connectivity index (χ0n) is 15.1. The summed E-state index contributed by atoms with van der Waals surface area (Å²) >= 11 is 6.09. The van der Waals surface area contributed by atoms with Crippen LogP contribution in [0.15, 0.2) is 47.0 Å². The highest BCUT2D eigenvalue weighted by Gasteiger charge is 2.13. The largest absolute Gasteiger partial charge is 0.497 e. The predicted molar refractivity (Wildman–Crippen MR) is 100 cm³/mol. The van der Waals surface area contributed by atoms with Crippen LogP contribution in [-0.2, 0) is 19.7 Å². The number of carbonyl (C=O) groups excluding carboxylic acids is 1. The Labute approximate surface area is 161 Å². The van der Waals surface area contributed by atoms with Crippen LogP contribution in [0.2, 0.25) is 5.02 Å². The number of benzene rings is 1. The van der Waals surface area contributed by atoms with Crippen molar-refractivity contribution in [2.75, 3.05) is 7.11 Å². The predicted octanol–water partition coefficient (Wildman–Crippen LogP) is 3.67. The molecular weight excluding hydrogens is 370 g/mol. The molecule has 0 bridgehead atoms. The zero-order chi connectivity index (χ0) is 19.2. The van der Waals surface area contributed by atoms with Crippen molar-refractivity contribution in [3.8, 4) is 11.5 Å². The average molecular weight is 390 g/mol. The number of nitrogens with one attached hydrogen (secondary N) is 1. The van der Waals surface area contributed by atoms with E-state index in [9.17, 15) is 4.79 Å². The Bertz CT molecular complexity index is 902. The number of hydrogen-bond acceptors (Lipinski definition) is 5. The van der Waals surface area contributed by atoms with Crippen LogP contribution in [0.3, 0.4) is 0 Å². The van der Waals surface area contributed by atoms with Crippen molar-refractivity contribution in [3.05, 3.63) is 64.8 Å². The van der Waals surface area contributed by atoms with Crippen LogP contribution in [0, 0.1) is 0 Å². The minimum Gasteiger partial charge on any atom is -0.497 e. The van der Waals surface area contributed by atoms with Crippen LogP contribution in [0.25, 0.3) is 0 Å². The first-order valence-corrected chi connectivity index (χ1v) is 8.82. The number of halogens is 1. The molecule has 0 saturated heterocycles. The van der Waals surface area contributed by atoms with Crippen molar-refractivity contribution < 1.29 is 18.7 Å². The molecule has 2 aromatic heterocycles. The third-order valence-electron chi connectivity index (χ3n) is 3.85. The molecule has 0 spiro atoms. The van der Waals surface area contributed by atoms with Gasteiger partial charge in [0.2, 0.25) is 0 Å². The summed E-state index contributed by atoms with van der Waals surface area (Å²) < 4.78 is 18.0. The van der Waals surface area contributed by atoms with Gasteiger partial charge in [-0.1, -0.05) is 11.6 Å². The lowest BCUT2D eigenvalue weighted by atomic mass is 10.3. The summed E-state index contributed by atoms with van der Waals surface area (Å²) in [6, 6.07) is 10.5. The molecule has 0 aliphatic rings. The van der Waals surface area contributed by atoms with Crippen molar-refractivity contribution in [1.82, 2.24) is 15.1 Å². The van der Waals surface area contributed by atoms with Gasteiger partial charge >= 0.3 is 0 Å². The Morgan fingerprint density at radius 1 is 1.22 bits per heavy atom. The van der Waals surface area contributed by atoms with Crippen molar-refractivity contribution in [3.63, 3.8) is 0 Å². The summed E-state index contributed by atoms with van der Waals surface area (Å²) in [7, 11) is 1.61. The third-order valence-corrected chi connectivity index (χ3v) is 4.17. The normalized spacial score (nSPS) is 10.6. The summed E-state index contributed by atoms with van der Waals surface area (Å²) in [5.74, 6) is 1.84. The average Bonchev–Trinajstić information content (AvgIpc) is 3.31. The van der Waals surface area contributed by atoms with Crippen molar-refractivity contribution in [2.24, 2.45) is 0 Å². The number of nitrogens with zero attached hydrogens (tertiary/aromatic N) is 2. The minimum atomic E-state index is -0.340. The maximum Gasteiger partial charge on any atom is 0.287 e. The van der Waals surface area contributed by atoms with Gasteiger partial charge in [-0.25, -0.2) is 0 Å². The molecular formula is C19H20ClN3O4. The van der Waals surface area contributed by atoms with Gasteiger partial charge in [-0.05, 0) is 43.3 Å². The van der Waals surface area contributed by atoms with Gasteiger partial charge < -0.3 is 19.2 Å². The second-order valence-electron chi connectivity index (χ2n) is 5.69. The summed E-state index contributed by atoms with van der Waals surface area (Å²) in [6.45, 7) is 3.11. The van der Waals surface area contributed by atoms with E-state index in [2.05, 4.69) is 10.4 Å². The molecule has 0 aliphatic heterocycles. The van der Waals surface area contributed by atoms with Gasteiger partial charge in [0.15, 0.2) is 5.76 Å². The van der Waals surface area contributed by atoms with E-state index in [0.717, 1.165) is 5.75 Å². The molecule has 0 fully saturated rings. The van der Waals surface area contributed by atoms with Crippen LogP contribution in [-0.4, -0.2) is 22.8 Å². The molecule has 27 heavy (non-hydrogen) atoms. The molecule has 1 amide bonds. The van der Waals surface area contributed by atoms with E-state index in [1.54, 1.807) is 54.4 Å². The van der Waals surface area contributed by atoms with Gasteiger partial charge in [-0.2, -0.15) is 5.10 Å². The lowest BCUT2D eigenvalue weighted by Gasteiger charge is -2.05. The fourth-order valence-corrected chi connectivity index (χ4v) is 2.59. The molecule has 0 saturated carbocycles. The third kappa shape index (κ3) is 4.83. The number of hydrogen-bond donors (Lipinski definition) is 1. The molecule has 7 nitrogen and oxygen atoms in total. The van der Waals surface area contributed by atoms with E-state index in [1.807, 2.05) is 6.92 Å². The number of aryl methyl sites for hydroxylation is 1. The summed E-state index contributed by atoms with van der Waals surface area (Å²) in [4.78, 5) is 12.2. The van der Waals surface area contributed by atoms with Crippen LogP contribution in [0.4, 0.5) is 0 Å². The van der Waals surface area contributed by atoms with Crippen LogP contribution in [0.1, 0.15) is 28.9 Å². The number of furan rings is 1. The second-order valence-corrected chi connectivity index (χ2v) is 6.10. The van der Waals surface area contributed by atoms with Gasteiger partial charge in [-0.3, -0.25) is 9.48 Å². The minimum absolute atomic E-state index is 0.203. The highest BCUT2D eigenvalue weighted by molar-refractivity contribution is 6.31. The molecule has 0 atom stereocenters. The van der Waals surface area contributed by atoms with E-state index in [4.69, 9.17) is 25.5 Å². The van der Waals surface area contributed by atoms with Crippen molar-refractivity contribution in [1.29, 1.82) is 0 Å². The van der Waals surface area contributed by atoms with Gasteiger partial charge in [-0.15, -0.1) is 0 Å². The zero-order valence-corrected chi connectivity index (χ0v) is 15.8. The topological polar surface area (TPSA) is 78.5 Å². The lowest BCUT2D eigenvalue weighted by molar-refractivity contribution is 0.0918. The first kappa shape index (κ1) is 18.8. The number of rotatable bonds is 8. The van der Waals surface area contributed by atoms with Crippen LogP contribution < -0.4 is 14.8 Å². The summed E-state index contributed by atoms with van der Waals surface area (Å²) in [5.41, 5.74) is 0.612. The first-order chi connectivity index (χ1) is 13.1. The Morgan fingerprint density at radius 2 is 1.96 bits per heavy atom. The highest BCUT2D eigenvalue weighted by Crippen LogP contribution is 2.19. The van der Waals surface area contributed by atoms with E-state index in [1.165, 1.54) is 0 Å². The SMILES string of the molecule is CCn1cc(Cl)c(CNC(=O)c2ccc(COc3ccc(OC)cc3)o2)n1. The fraction of sp³-hybridized carbons (Fsp3) is 0.263. The fourth-order valence-electron chi connectivity index (χ4n) is 2.37. The maximum atomic E-state index is 12.2. The van der Waals surface area contributed by atoms with E-state index in [-0.39, 0.29) is 24.8 Å². The Balaban J connectivity index is 1.52. The summed E-state index contributed by atoms with van der Waals surface area (Å²) in [5, 5.41) is 7.55. The molecule has 1 N–H and O–H groups in total. The number of carbonyl (C=O) groups is 1. The smallest absolute Gasteiger partial charge is 0.287 e. The van der Waals surface area contributed by atoms with Crippen LogP contribution in [0.5, 0.6) is 11.5 Å². The number of amides is 1. The quantitative estimate of drug-likeness (QED) is 0.636. The van der Waals surface area contributed by atoms with Gasteiger partial charge in [0.25, 0.3) is 5.91 Å². The van der Waals surface area contributed by atoms with Crippen LogP contribution >= 0.6 is 11.6 Å². The molecule has 0 radical (unpaired) electrons. The van der Waals surface area contributed by atoms with Gasteiger partial charge in [0.05, 0.1) is 18.7 Å². The molecule has 1 aromatic carbocycles. The van der Waals surface area contributed by atoms with Crippen molar-refractivity contribution >= 4 is 17.5 Å². The molecule has 8 heteroatoms. The number of ether oxygens (including phenoxy) is 2. The van der Waals surface area contributed by atoms with Gasteiger partial charge in [0, 0.05) is 12.7 Å². The highest BCUT2D eigenvalue weighted by atomic mass is 35.5. The Kier molecular flexibility index (Phi) is 6.03. The standard InChI is InChI=1S/C19H20ClN3O4/c1-3-23-11-16(20)17(22-23)10-21-19(24)18-9-8-15(27-18)12-26-14-6-4-13(25-2)5-7-14/h4-9,11H,3,10,12H2,1-2H3,(H,21,24). The second kappa shape index (κ2) is 8.64. The maximum absolute atomic E-state index is 12.2. The summed E-state index contributed by atoms with van der Waals surface area (Å²) in [6.07, 6.45) is 1.73. The Hall–Kier alpha value is -2.93. The lowest BCUT2D eigenvalue weighted by Crippen LogP contribution is -2.22. The molecule has 3 rings (SSSR count). The molecule has 0 aliphatic carbocycles. The number of aromatic nitrogens is 2. The van der Waals surface area contributed by atoms with Gasteiger partial charge in [0.1, 0.15) is 29.6 Å². The van der Waals surface area contributed by atoms with E-state index in [0.29, 0.717) is 28.8 Å². The molecule has 0 unspecified atom stereocenters. The van der Waals surface area contributed by atoms with E-state index < -0.39 is 0 Å². The monoisotopic (exact) mass is 389 g/mol. The Morgan fingerprint density at radius 3 is 2.63 bits per heavy atom.